The first-order valence-electron chi connectivity index (χ1n) is 12.8. The number of carbonyl (C=O) groups excluding carboxylic acids is 1. The second-order valence-electron chi connectivity index (χ2n) is 9.87. The van der Waals surface area contributed by atoms with E-state index in [4.69, 9.17) is 0 Å². The lowest BCUT2D eigenvalue weighted by Crippen LogP contribution is -2.59. The van der Waals surface area contributed by atoms with E-state index < -0.39 is 56.0 Å². The van der Waals surface area contributed by atoms with Gasteiger partial charge in [-0.3, -0.25) is 14.8 Å². The van der Waals surface area contributed by atoms with E-state index in [1.807, 2.05) is 6.07 Å². The van der Waals surface area contributed by atoms with Crippen LogP contribution in [-0.2, 0) is 21.4 Å². The van der Waals surface area contributed by atoms with Crippen LogP contribution in [0.2, 0.25) is 0 Å². The minimum Gasteiger partial charge on any atom is -0.305 e. The van der Waals surface area contributed by atoms with Crippen molar-refractivity contribution in [1.29, 1.82) is 0 Å². The molecule has 212 valence electrons. The molecule has 2 aliphatic rings. The van der Waals surface area contributed by atoms with Gasteiger partial charge in [-0.25, -0.2) is 30.4 Å². The van der Waals surface area contributed by atoms with Gasteiger partial charge < -0.3 is 4.90 Å². The number of sulfonamides is 1. The van der Waals surface area contributed by atoms with Gasteiger partial charge in [0.2, 0.25) is 21.7 Å². The standard InChI is InChI=1S/C27H25F5N4O3S/c28-21-22(29)24(31)26(25(32)23(21)30)40(38,39)36-13-10-20(36)27(37)35(19-8-11-33-12-9-19)15-18-7-6-17(14-34-18)16-4-2-1-3-5-16/h6-9,11-12,14,16,20H,1-5,10,13,15H2. The first-order valence-corrected chi connectivity index (χ1v) is 14.2. The van der Waals surface area contributed by atoms with Crippen molar-refractivity contribution in [2.75, 3.05) is 11.4 Å². The maximum Gasteiger partial charge on any atom is 0.249 e. The summed E-state index contributed by atoms with van der Waals surface area (Å²) in [6.07, 6.45) is 10.3. The maximum atomic E-state index is 14.4. The molecule has 1 aromatic carbocycles. The van der Waals surface area contributed by atoms with E-state index >= 15 is 0 Å². The number of halogens is 5. The number of aromatic nitrogens is 2. The molecule has 0 N–H and O–H groups in total. The lowest BCUT2D eigenvalue weighted by Gasteiger charge is -2.41. The van der Waals surface area contributed by atoms with Crippen LogP contribution >= 0.6 is 0 Å². The van der Waals surface area contributed by atoms with Gasteiger partial charge in [0.05, 0.1) is 12.2 Å². The Labute approximate surface area is 227 Å². The molecule has 13 heteroatoms. The first-order chi connectivity index (χ1) is 19.1. The summed E-state index contributed by atoms with van der Waals surface area (Å²) in [7, 11) is -5.26. The number of hydrogen-bond acceptors (Lipinski definition) is 5. The van der Waals surface area contributed by atoms with Gasteiger partial charge in [0, 0.05) is 30.8 Å². The van der Waals surface area contributed by atoms with Crippen molar-refractivity contribution in [2.45, 2.75) is 61.9 Å². The predicted molar refractivity (Wildman–Crippen MR) is 134 cm³/mol. The Morgan fingerprint density at radius 2 is 1.50 bits per heavy atom. The Morgan fingerprint density at radius 3 is 2.05 bits per heavy atom. The summed E-state index contributed by atoms with van der Waals surface area (Å²) in [5, 5.41) is 0. The van der Waals surface area contributed by atoms with E-state index in [2.05, 4.69) is 9.97 Å². The first kappa shape index (κ1) is 28.1. The molecular weight excluding hydrogens is 555 g/mol. The van der Waals surface area contributed by atoms with Crippen LogP contribution in [0.5, 0.6) is 0 Å². The van der Waals surface area contributed by atoms with Crippen LogP contribution in [0.4, 0.5) is 27.6 Å². The summed E-state index contributed by atoms with van der Waals surface area (Å²) in [6.45, 7) is -0.405. The minimum absolute atomic E-state index is 0.0247. The van der Waals surface area contributed by atoms with Crippen LogP contribution in [0.3, 0.4) is 0 Å². The number of pyridine rings is 2. The Kier molecular flexibility index (Phi) is 7.87. The molecule has 2 fully saturated rings. The van der Waals surface area contributed by atoms with Crippen molar-refractivity contribution < 1.29 is 35.2 Å². The summed E-state index contributed by atoms with van der Waals surface area (Å²) >= 11 is 0. The van der Waals surface area contributed by atoms with E-state index in [0.29, 0.717) is 21.6 Å². The Balaban J connectivity index is 1.43. The summed E-state index contributed by atoms with van der Waals surface area (Å²) in [5.74, 6) is -12.5. The molecule has 40 heavy (non-hydrogen) atoms. The van der Waals surface area contributed by atoms with Gasteiger partial charge in [-0.2, -0.15) is 4.31 Å². The van der Waals surface area contributed by atoms with E-state index in [-0.39, 0.29) is 19.5 Å². The molecule has 1 aliphatic heterocycles. The molecule has 1 unspecified atom stereocenters. The summed E-state index contributed by atoms with van der Waals surface area (Å²) < 4.78 is 96.5. The highest BCUT2D eigenvalue weighted by Gasteiger charge is 2.48. The molecule has 1 aliphatic carbocycles. The molecular formula is C27H25F5N4O3S. The fourth-order valence-corrected chi connectivity index (χ4v) is 6.94. The topological polar surface area (TPSA) is 83.5 Å². The molecule has 7 nitrogen and oxygen atoms in total. The highest BCUT2D eigenvalue weighted by atomic mass is 32.2. The smallest absolute Gasteiger partial charge is 0.249 e. The molecule has 5 rings (SSSR count). The second kappa shape index (κ2) is 11.2. The van der Waals surface area contributed by atoms with Crippen LogP contribution in [0.15, 0.2) is 47.8 Å². The molecule has 1 amide bonds. The van der Waals surface area contributed by atoms with Crippen molar-refractivity contribution in [2.24, 2.45) is 0 Å². The van der Waals surface area contributed by atoms with Crippen molar-refractivity contribution >= 4 is 21.6 Å². The molecule has 1 saturated heterocycles. The molecule has 0 radical (unpaired) electrons. The van der Waals surface area contributed by atoms with Crippen molar-refractivity contribution in [3.63, 3.8) is 0 Å². The fourth-order valence-electron chi connectivity index (χ4n) is 5.20. The Bertz CT molecular complexity index is 1490. The summed E-state index contributed by atoms with van der Waals surface area (Å²) in [6, 6.07) is 5.35. The third kappa shape index (κ3) is 5.07. The predicted octanol–water partition coefficient (Wildman–Crippen LogP) is 5.22. The molecule has 2 aromatic heterocycles. The van der Waals surface area contributed by atoms with Gasteiger partial charge >= 0.3 is 0 Å². The number of benzene rings is 1. The zero-order valence-corrected chi connectivity index (χ0v) is 22.0. The fraction of sp³-hybridized carbons (Fsp3) is 0.370. The zero-order valence-electron chi connectivity index (χ0n) is 21.2. The quantitative estimate of drug-likeness (QED) is 0.218. The number of hydrogen-bond donors (Lipinski definition) is 0. The van der Waals surface area contributed by atoms with Gasteiger partial charge in [0.25, 0.3) is 0 Å². The lowest BCUT2D eigenvalue weighted by molar-refractivity contribution is -0.125. The van der Waals surface area contributed by atoms with E-state index in [9.17, 15) is 35.2 Å². The van der Waals surface area contributed by atoms with E-state index in [1.54, 1.807) is 12.3 Å². The summed E-state index contributed by atoms with van der Waals surface area (Å²) in [4.78, 5) is 21.4. The Morgan fingerprint density at radius 1 is 0.875 bits per heavy atom. The van der Waals surface area contributed by atoms with Crippen LogP contribution in [0, 0.1) is 29.1 Å². The van der Waals surface area contributed by atoms with E-state index in [0.717, 1.165) is 31.2 Å². The number of amides is 1. The number of nitrogens with zero attached hydrogens (tertiary/aromatic N) is 4. The van der Waals surface area contributed by atoms with Gasteiger partial charge in [-0.05, 0) is 48.9 Å². The van der Waals surface area contributed by atoms with Crippen molar-refractivity contribution in [3.05, 3.63) is 83.2 Å². The van der Waals surface area contributed by atoms with Crippen LogP contribution < -0.4 is 4.90 Å². The SMILES string of the molecule is O=C(C1CCN1S(=O)(=O)c1c(F)c(F)c(F)c(F)c1F)N(Cc1ccc(C2CCCCC2)cn1)c1ccncc1. The normalized spacial score (nSPS) is 18.4. The summed E-state index contributed by atoms with van der Waals surface area (Å²) in [5.41, 5.74) is 1.97. The van der Waals surface area contributed by atoms with Crippen LogP contribution in [-0.4, -0.2) is 41.2 Å². The lowest BCUT2D eigenvalue weighted by atomic mass is 9.85. The second-order valence-corrected chi connectivity index (χ2v) is 11.7. The molecule has 3 aromatic rings. The molecule has 0 spiro atoms. The van der Waals surface area contributed by atoms with Gasteiger partial charge in [0.1, 0.15) is 6.04 Å². The van der Waals surface area contributed by atoms with Gasteiger partial charge in [0.15, 0.2) is 28.2 Å². The molecule has 0 bridgehead atoms. The molecule has 1 atom stereocenters. The van der Waals surface area contributed by atoms with Crippen molar-refractivity contribution in [3.8, 4) is 0 Å². The number of anilines is 1. The zero-order chi connectivity index (χ0) is 28.6. The monoisotopic (exact) mass is 580 g/mol. The minimum atomic E-state index is -5.26. The van der Waals surface area contributed by atoms with E-state index in [1.165, 1.54) is 35.8 Å². The van der Waals surface area contributed by atoms with Crippen molar-refractivity contribution in [1.82, 2.24) is 14.3 Å². The average Bonchev–Trinajstić information content (AvgIpc) is 2.94. The maximum absolute atomic E-state index is 14.4. The Hall–Kier alpha value is -3.45. The largest absolute Gasteiger partial charge is 0.305 e. The average molecular weight is 581 g/mol. The number of rotatable bonds is 7. The third-order valence-corrected chi connectivity index (χ3v) is 9.41. The highest BCUT2D eigenvalue weighted by Crippen LogP contribution is 2.35. The third-order valence-electron chi connectivity index (χ3n) is 7.48. The van der Waals surface area contributed by atoms with Crippen LogP contribution in [0.25, 0.3) is 0 Å². The number of carbonyl (C=O) groups is 1. The molecule has 1 saturated carbocycles. The molecule has 3 heterocycles. The van der Waals surface area contributed by atoms with Gasteiger partial charge in [-0.1, -0.05) is 25.3 Å². The van der Waals surface area contributed by atoms with Crippen LogP contribution in [0.1, 0.15) is 55.7 Å². The van der Waals surface area contributed by atoms with Gasteiger partial charge in [-0.15, -0.1) is 0 Å². The highest BCUT2D eigenvalue weighted by molar-refractivity contribution is 7.89.